The van der Waals surface area contributed by atoms with Gasteiger partial charge < -0.3 is 9.64 Å². The molecule has 2 heterocycles. The summed E-state index contributed by atoms with van der Waals surface area (Å²) in [7, 11) is -3.46. The molecule has 0 bridgehead atoms. The molecule has 0 unspecified atom stereocenters. The minimum atomic E-state index is -3.46. The fourth-order valence-electron chi connectivity index (χ4n) is 1.74. The number of halogens is 1. The summed E-state index contributed by atoms with van der Waals surface area (Å²) in [5.74, 6) is 0.519. The van der Waals surface area contributed by atoms with Crippen LogP contribution in [0.25, 0.3) is 0 Å². The molecule has 0 spiro atoms. The van der Waals surface area contributed by atoms with Crippen LogP contribution in [0.4, 0.5) is 5.82 Å². The minimum absolute atomic E-state index is 0.0779. The van der Waals surface area contributed by atoms with Gasteiger partial charge in [0.2, 0.25) is 15.0 Å². The van der Waals surface area contributed by atoms with Crippen molar-refractivity contribution in [2.75, 3.05) is 30.9 Å². The predicted molar refractivity (Wildman–Crippen MR) is 67.8 cm³/mol. The molecule has 1 aliphatic rings. The lowest BCUT2D eigenvalue weighted by atomic mass is 10.3. The Bertz CT molecular complexity index is 549. The van der Waals surface area contributed by atoms with Crippen molar-refractivity contribution in [3.05, 3.63) is 11.2 Å². The smallest absolute Gasteiger partial charge is 0.250 e. The number of sulfone groups is 1. The molecule has 1 aromatic rings. The largest absolute Gasteiger partial charge is 0.375 e. The first-order valence-corrected chi connectivity index (χ1v) is 7.74. The van der Waals surface area contributed by atoms with E-state index in [0.717, 1.165) is 6.26 Å². The molecular formula is C10H14ClN3O3S. The monoisotopic (exact) mass is 291 g/mol. The van der Waals surface area contributed by atoms with Crippen LogP contribution >= 0.6 is 11.6 Å². The van der Waals surface area contributed by atoms with Crippen molar-refractivity contribution in [1.82, 2.24) is 9.97 Å². The Hall–Kier alpha value is -0.920. The molecule has 0 saturated carbocycles. The summed E-state index contributed by atoms with van der Waals surface area (Å²) in [4.78, 5) is 9.72. The third-order valence-electron chi connectivity index (χ3n) is 2.56. The molecule has 1 saturated heterocycles. The summed E-state index contributed by atoms with van der Waals surface area (Å²) in [6, 6.07) is 1.56. The van der Waals surface area contributed by atoms with E-state index in [1.54, 1.807) is 6.07 Å². The highest BCUT2D eigenvalue weighted by atomic mass is 35.5. The second-order valence-corrected chi connectivity index (χ2v) is 6.53. The van der Waals surface area contributed by atoms with E-state index in [1.165, 1.54) is 0 Å². The van der Waals surface area contributed by atoms with Crippen molar-refractivity contribution in [2.45, 2.75) is 18.2 Å². The van der Waals surface area contributed by atoms with Gasteiger partial charge in [-0.1, -0.05) is 11.6 Å². The Kier molecular flexibility index (Phi) is 3.74. The van der Waals surface area contributed by atoms with E-state index in [9.17, 15) is 8.42 Å². The van der Waals surface area contributed by atoms with Gasteiger partial charge in [-0.3, -0.25) is 0 Å². The fraction of sp³-hybridized carbons (Fsp3) is 0.600. The Morgan fingerprint density at radius 3 is 2.83 bits per heavy atom. The summed E-state index contributed by atoms with van der Waals surface area (Å²) < 4.78 is 28.3. The Morgan fingerprint density at radius 2 is 2.22 bits per heavy atom. The lowest BCUT2D eigenvalue weighted by Gasteiger charge is -2.32. The Labute approximate surface area is 111 Å². The number of morpholine rings is 1. The van der Waals surface area contributed by atoms with Gasteiger partial charge >= 0.3 is 0 Å². The molecule has 0 aromatic carbocycles. The van der Waals surface area contributed by atoms with Gasteiger partial charge in [-0.25, -0.2) is 18.4 Å². The summed E-state index contributed by atoms with van der Waals surface area (Å²) >= 11 is 5.84. The maximum atomic E-state index is 11.5. The topological polar surface area (TPSA) is 72.4 Å². The number of ether oxygens (including phenoxy) is 1. The van der Waals surface area contributed by atoms with Gasteiger partial charge in [0, 0.05) is 25.4 Å². The molecule has 1 aromatic heterocycles. The van der Waals surface area contributed by atoms with Crippen LogP contribution in [-0.2, 0) is 14.6 Å². The van der Waals surface area contributed by atoms with Crippen LogP contribution in [0.3, 0.4) is 0 Å². The van der Waals surface area contributed by atoms with Crippen molar-refractivity contribution >= 4 is 27.3 Å². The summed E-state index contributed by atoms with van der Waals surface area (Å²) in [5, 5.41) is -0.122. The van der Waals surface area contributed by atoms with Gasteiger partial charge in [0.1, 0.15) is 11.0 Å². The SMILES string of the molecule is C[C@H]1CN(c2cc(Cl)nc(S(C)(=O)=O)n2)CCO1. The molecule has 0 radical (unpaired) electrons. The van der Waals surface area contributed by atoms with Crippen molar-refractivity contribution < 1.29 is 13.2 Å². The van der Waals surface area contributed by atoms with E-state index in [0.29, 0.717) is 25.5 Å². The van der Waals surface area contributed by atoms with Crippen molar-refractivity contribution in [3.63, 3.8) is 0 Å². The molecular weight excluding hydrogens is 278 g/mol. The van der Waals surface area contributed by atoms with Gasteiger partial charge in [0.15, 0.2) is 0 Å². The highest BCUT2D eigenvalue weighted by molar-refractivity contribution is 7.90. The van der Waals surface area contributed by atoms with E-state index >= 15 is 0 Å². The van der Waals surface area contributed by atoms with E-state index in [1.807, 2.05) is 11.8 Å². The first kappa shape index (κ1) is 13.5. The Balaban J connectivity index is 2.36. The zero-order valence-corrected chi connectivity index (χ0v) is 11.7. The second-order valence-electron chi connectivity index (χ2n) is 4.23. The number of hydrogen-bond donors (Lipinski definition) is 0. The van der Waals surface area contributed by atoms with Crippen LogP contribution in [0.5, 0.6) is 0 Å². The van der Waals surface area contributed by atoms with Gasteiger partial charge in [-0.05, 0) is 6.92 Å². The van der Waals surface area contributed by atoms with Crippen LogP contribution in [0.15, 0.2) is 11.2 Å². The van der Waals surface area contributed by atoms with Crippen LogP contribution < -0.4 is 4.90 Å². The number of nitrogens with zero attached hydrogens (tertiary/aromatic N) is 3. The van der Waals surface area contributed by atoms with Crippen LogP contribution in [0.1, 0.15) is 6.92 Å². The van der Waals surface area contributed by atoms with E-state index in [-0.39, 0.29) is 16.4 Å². The van der Waals surface area contributed by atoms with Crippen LogP contribution in [-0.4, -0.2) is 50.4 Å². The second kappa shape index (κ2) is 4.99. The summed E-state index contributed by atoms with van der Waals surface area (Å²) in [5.41, 5.74) is 0. The molecule has 0 aliphatic carbocycles. The molecule has 100 valence electrons. The lowest BCUT2D eigenvalue weighted by molar-refractivity contribution is 0.0529. The molecule has 2 rings (SSSR count). The summed E-state index contributed by atoms with van der Waals surface area (Å²) in [6.07, 6.45) is 1.14. The van der Waals surface area contributed by atoms with E-state index in [4.69, 9.17) is 16.3 Å². The molecule has 18 heavy (non-hydrogen) atoms. The van der Waals surface area contributed by atoms with Gasteiger partial charge in [-0.15, -0.1) is 0 Å². The molecule has 8 heteroatoms. The average molecular weight is 292 g/mol. The maximum Gasteiger partial charge on any atom is 0.250 e. The van der Waals surface area contributed by atoms with Crippen LogP contribution in [0.2, 0.25) is 5.15 Å². The number of hydrogen-bond acceptors (Lipinski definition) is 6. The molecule has 6 nitrogen and oxygen atoms in total. The first-order valence-electron chi connectivity index (χ1n) is 5.47. The lowest BCUT2D eigenvalue weighted by Crippen LogP contribution is -2.41. The highest BCUT2D eigenvalue weighted by Crippen LogP contribution is 2.20. The molecule has 1 fully saturated rings. The number of rotatable bonds is 2. The molecule has 1 atom stereocenters. The normalized spacial score (nSPS) is 21.1. The zero-order chi connectivity index (χ0) is 13.3. The van der Waals surface area contributed by atoms with Gasteiger partial charge in [0.05, 0.1) is 12.7 Å². The van der Waals surface area contributed by atoms with Gasteiger partial charge in [0.25, 0.3) is 0 Å². The maximum absolute atomic E-state index is 11.5. The standard InChI is InChI=1S/C10H14ClN3O3S/c1-7-6-14(3-4-17-7)9-5-8(11)12-10(13-9)18(2,15)16/h5,7H,3-4,6H2,1-2H3/t7-/m0/s1. The quantitative estimate of drug-likeness (QED) is 0.592. The van der Waals surface area contributed by atoms with Gasteiger partial charge in [-0.2, -0.15) is 0 Å². The van der Waals surface area contributed by atoms with Crippen molar-refractivity contribution in [2.24, 2.45) is 0 Å². The number of aromatic nitrogens is 2. The van der Waals surface area contributed by atoms with E-state index in [2.05, 4.69) is 9.97 Å². The van der Waals surface area contributed by atoms with Crippen LogP contribution in [0, 0.1) is 0 Å². The molecule has 0 N–H and O–H groups in total. The highest BCUT2D eigenvalue weighted by Gasteiger charge is 2.21. The zero-order valence-electron chi connectivity index (χ0n) is 10.1. The third kappa shape index (κ3) is 3.09. The van der Waals surface area contributed by atoms with Crippen molar-refractivity contribution in [3.8, 4) is 0 Å². The predicted octanol–water partition coefficient (Wildman–Crippen LogP) is 0.759. The average Bonchev–Trinajstić information content (AvgIpc) is 2.27. The molecule has 1 aliphatic heterocycles. The Morgan fingerprint density at radius 1 is 1.50 bits per heavy atom. The fourth-order valence-corrected chi connectivity index (χ4v) is 2.49. The summed E-state index contributed by atoms with van der Waals surface area (Å²) in [6.45, 7) is 3.83. The third-order valence-corrected chi connectivity index (χ3v) is 3.60. The minimum Gasteiger partial charge on any atom is -0.375 e. The first-order chi connectivity index (χ1) is 8.36. The van der Waals surface area contributed by atoms with Crippen molar-refractivity contribution in [1.29, 1.82) is 0 Å². The number of anilines is 1. The van der Waals surface area contributed by atoms with E-state index < -0.39 is 9.84 Å². The molecule has 0 amide bonds.